The molecule has 0 aliphatic heterocycles. The number of methoxy groups -OCH3 is 2. The minimum atomic E-state index is 0.631. The maximum absolute atomic E-state index is 5.20. The molecule has 0 spiro atoms. The summed E-state index contributed by atoms with van der Waals surface area (Å²) in [5.74, 6) is 1.47. The molecule has 0 aliphatic carbocycles. The standard InChI is InChI=1S/C12H10N2O2S2/c1-15-7-3-4-8-9(5-7)18-12(13-8)11-14-10(16-2)6-17-11/h3-6H,1-2H3. The van der Waals surface area contributed by atoms with E-state index in [1.165, 1.54) is 11.3 Å². The fourth-order valence-corrected chi connectivity index (χ4v) is 3.37. The Morgan fingerprint density at radius 2 is 1.94 bits per heavy atom. The molecule has 18 heavy (non-hydrogen) atoms. The van der Waals surface area contributed by atoms with Crippen molar-refractivity contribution in [3.05, 3.63) is 23.6 Å². The van der Waals surface area contributed by atoms with Crippen LogP contribution in [0.3, 0.4) is 0 Å². The monoisotopic (exact) mass is 278 g/mol. The smallest absolute Gasteiger partial charge is 0.224 e. The number of hydrogen-bond donors (Lipinski definition) is 0. The summed E-state index contributed by atoms with van der Waals surface area (Å²) in [6.07, 6.45) is 0. The van der Waals surface area contributed by atoms with Crippen LogP contribution in [-0.2, 0) is 0 Å². The van der Waals surface area contributed by atoms with Crippen LogP contribution in [0.4, 0.5) is 0 Å². The molecule has 0 unspecified atom stereocenters. The number of benzene rings is 1. The Bertz CT molecular complexity index is 690. The van der Waals surface area contributed by atoms with Crippen molar-refractivity contribution in [1.29, 1.82) is 0 Å². The van der Waals surface area contributed by atoms with E-state index < -0.39 is 0 Å². The maximum Gasteiger partial charge on any atom is 0.224 e. The van der Waals surface area contributed by atoms with Gasteiger partial charge in [0.15, 0.2) is 10.0 Å². The van der Waals surface area contributed by atoms with Crippen molar-refractivity contribution in [2.24, 2.45) is 0 Å². The number of rotatable bonds is 3. The lowest BCUT2D eigenvalue weighted by molar-refractivity contribution is 0.401. The second-order valence-corrected chi connectivity index (χ2v) is 5.44. The van der Waals surface area contributed by atoms with E-state index in [0.717, 1.165) is 26.0 Å². The number of thiazole rings is 2. The van der Waals surface area contributed by atoms with Gasteiger partial charge in [-0.3, -0.25) is 0 Å². The summed E-state index contributed by atoms with van der Waals surface area (Å²) in [5, 5.41) is 3.67. The molecule has 0 aliphatic rings. The average molecular weight is 278 g/mol. The molecule has 6 heteroatoms. The maximum atomic E-state index is 5.20. The predicted octanol–water partition coefficient (Wildman–Crippen LogP) is 3.44. The van der Waals surface area contributed by atoms with E-state index in [2.05, 4.69) is 9.97 Å². The zero-order valence-corrected chi connectivity index (χ0v) is 11.5. The first-order chi connectivity index (χ1) is 8.80. The van der Waals surface area contributed by atoms with Gasteiger partial charge in [-0.1, -0.05) is 0 Å². The molecule has 0 saturated carbocycles. The molecule has 0 radical (unpaired) electrons. The average Bonchev–Trinajstić information content (AvgIpc) is 3.03. The summed E-state index contributed by atoms with van der Waals surface area (Å²) < 4.78 is 11.4. The summed E-state index contributed by atoms with van der Waals surface area (Å²) in [5.41, 5.74) is 0.963. The Labute approximate surface area is 112 Å². The van der Waals surface area contributed by atoms with E-state index in [9.17, 15) is 0 Å². The van der Waals surface area contributed by atoms with Gasteiger partial charge in [0.2, 0.25) is 5.88 Å². The molecule has 1 aromatic carbocycles. The fourth-order valence-electron chi connectivity index (χ4n) is 1.57. The molecule has 0 N–H and O–H groups in total. The van der Waals surface area contributed by atoms with Gasteiger partial charge < -0.3 is 9.47 Å². The van der Waals surface area contributed by atoms with Gasteiger partial charge in [-0.05, 0) is 18.2 Å². The third kappa shape index (κ3) is 1.93. The van der Waals surface area contributed by atoms with E-state index in [1.807, 2.05) is 23.6 Å². The van der Waals surface area contributed by atoms with Crippen LogP contribution in [0.25, 0.3) is 20.2 Å². The SMILES string of the molecule is COc1ccc2nc(-c3nc(OC)cs3)sc2c1. The third-order valence-electron chi connectivity index (χ3n) is 2.47. The third-order valence-corrected chi connectivity index (χ3v) is 4.45. The second-order valence-electron chi connectivity index (χ2n) is 3.55. The summed E-state index contributed by atoms with van der Waals surface area (Å²) >= 11 is 3.14. The molecule has 92 valence electrons. The van der Waals surface area contributed by atoms with E-state index >= 15 is 0 Å². The number of nitrogens with zero attached hydrogens (tertiary/aromatic N) is 2. The Hall–Kier alpha value is -1.66. The molecular weight excluding hydrogens is 268 g/mol. The Morgan fingerprint density at radius 1 is 1.06 bits per heavy atom. The molecule has 3 rings (SSSR count). The summed E-state index contributed by atoms with van der Waals surface area (Å²) in [6.45, 7) is 0. The first-order valence-electron chi connectivity index (χ1n) is 5.24. The van der Waals surface area contributed by atoms with Gasteiger partial charge in [0, 0.05) is 0 Å². The van der Waals surface area contributed by atoms with Crippen LogP contribution < -0.4 is 9.47 Å². The zero-order chi connectivity index (χ0) is 12.5. The molecule has 0 atom stereocenters. The quantitative estimate of drug-likeness (QED) is 0.736. The topological polar surface area (TPSA) is 44.2 Å². The molecule has 0 fully saturated rings. The van der Waals surface area contributed by atoms with Crippen LogP contribution in [0.1, 0.15) is 0 Å². The Morgan fingerprint density at radius 3 is 2.67 bits per heavy atom. The van der Waals surface area contributed by atoms with Crippen LogP contribution in [0.5, 0.6) is 11.6 Å². The van der Waals surface area contributed by atoms with Crippen LogP contribution >= 0.6 is 22.7 Å². The highest BCUT2D eigenvalue weighted by Crippen LogP contribution is 2.34. The van der Waals surface area contributed by atoms with Gasteiger partial charge in [0.05, 0.1) is 29.8 Å². The van der Waals surface area contributed by atoms with Crippen molar-refractivity contribution >= 4 is 32.9 Å². The first kappa shape index (κ1) is 11.4. The van der Waals surface area contributed by atoms with Gasteiger partial charge in [-0.25, -0.2) is 4.98 Å². The van der Waals surface area contributed by atoms with Crippen molar-refractivity contribution in [3.63, 3.8) is 0 Å². The Kier molecular flexibility index (Phi) is 2.89. The van der Waals surface area contributed by atoms with Crippen molar-refractivity contribution < 1.29 is 9.47 Å². The molecule has 0 bridgehead atoms. The lowest BCUT2D eigenvalue weighted by Gasteiger charge is -1.96. The molecule has 2 aromatic heterocycles. The molecule has 2 heterocycles. The van der Waals surface area contributed by atoms with Crippen LogP contribution in [0.2, 0.25) is 0 Å². The largest absolute Gasteiger partial charge is 0.497 e. The summed E-state index contributed by atoms with van der Waals surface area (Å²) in [7, 11) is 3.27. The van der Waals surface area contributed by atoms with Gasteiger partial charge in [-0.2, -0.15) is 4.98 Å². The molecule has 0 amide bonds. The zero-order valence-electron chi connectivity index (χ0n) is 9.84. The molecular formula is C12H10N2O2S2. The minimum absolute atomic E-state index is 0.631. The second kappa shape index (κ2) is 4.55. The fraction of sp³-hybridized carbons (Fsp3) is 0.167. The van der Waals surface area contributed by atoms with E-state index in [1.54, 1.807) is 25.6 Å². The van der Waals surface area contributed by atoms with Crippen LogP contribution in [-0.4, -0.2) is 24.2 Å². The predicted molar refractivity (Wildman–Crippen MR) is 73.8 cm³/mol. The lowest BCUT2D eigenvalue weighted by Crippen LogP contribution is -1.81. The van der Waals surface area contributed by atoms with Crippen molar-refractivity contribution in [2.45, 2.75) is 0 Å². The normalized spacial score (nSPS) is 10.8. The molecule has 0 saturated heterocycles. The van der Waals surface area contributed by atoms with Gasteiger partial charge >= 0.3 is 0 Å². The van der Waals surface area contributed by atoms with Crippen molar-refractivity contribution in [2.75, 3.05) is 14.2 Å². The highest BCUT2D eigenvalue weighted by molar-refractivity contribution is 7.25. The van der Waals surface area contributed by atoms with E-state index in [4.69, 9.17) is 9.47 Å². The van der Waals surface area contributed by atoms with Crippen molar-refractivity contribution in [1.82, 2.24) is 9.97 Å². The van der Waals surface area contributed by atoms with E-state index in [-0.39, 0.29) is 0 Å². The first-order valence-corrected chi connectivity index (χ1v) is 6.94. The number of fused-ring (bicyclic) bond motifs is 1. The lowest BCUT2D eigenvalue weighted by atomic mass is 10.3. The summed E-state index contributed by atoms with van der Waals surface area (Å²) in [6, 6.07) is 5.86. The van der Waals surface area contributed by atoms with Crippen LogP contribution in [0, 0.1) is 0 Å². The number of hydrogen-bond acceptors (Lipinski definition) is 6. The van der Waals surface area contributed by atoms with Gasteiger partial charge in [0.1, 0.15) is 5.75 Å². The Balaban J connectivity index is 2.07. The van der Waals surface area contributed by atoms with Crippen molar-refractivity contribution in [3.8, 4) is 21.6 Å². The van der Waals surface area contributed by atoms with E-state index in [0.29, 0.717) is 5.88 Å². The molecule has 4 nitrogen and oxygen atoms in total. The minimum Gasteiger partial charge on any atom is -0.497 e. The summed E-state index contributed by atoms with van der Waals surface area (Å²) in [4.78, 5) is 8.91. The number of aromatic nitrogens is 2. The molecule has 3 aromatic rings. The highest BCUT2D eigenvalue weighted by Gasteiger charge is 2.11. The number of ether oxygens (including phenoxy) is 2. The van der Waals surface area contributed by atoms with Gasteiger partial charge in [-0.15, -0.1) is 22.7 Å². The highest BCUT2D eigenvalue weighted by atomic mass is 32.1. The van der Waals surface area contributed by atoms with Gasteiger partial charge in [0.25, 0.3) is 0 Å². The van der Waals surface area contributed by atoms with Crippen LogP contribution in [0.15, 0.2) is 23.6 Å².